The zero-order valence-electron chi connectivity index (χ0n) is 11.5. The molecule has 0 atom stereocenters. The Morgan fingerprint density at radius 1 is 1.35 bits per heavy atom. The molecule has 0 amide bonds. The molecular weight excluding hydrogens is 274 g/mol. The van der Waals surface area contributed by atoms with Gasteiger partial charge in [0.05, 0.1) is 17.3 Å². The summed E-state index contributed by atoms with van der Waals surface area (Å²) in [4.78, 5) is 2.25. The van der Waals surface area contributed by atoms with Crippen LogP contribution in [0.2, 0.25) is 5.02 Å². The lowest BCUT2D eigenvalue weighted by molar-refractivity contribution is 0.560. The van der Waals surface area contributed by atoms with Gasteiger partial charge in [-0.05, 0) is 24.2 Å². The number of rotatable bonds is 4. The summed E-state index contributed by atoms with van der Waals surface area (Å²) in [6.07, 6.45) is 1.79. The Hall–Kier alpha value is -1.59. The second-order valence-electron chi connectivity index (χ2n) is 4.93. The van der Waals surface area contributed by atoms with Gasteiger partial charge in [-0.25, -0.2) is 0 Å². The van der Waals surface area contributed by atoms with E-state index >= 15 is 0 Å². The molecule has 1 aromatic heterocycles. The Morgan fingerprint density at radius 3 is 3.05 bits per heavy atom. The Bertz CT molecular complexity index is 595. The lowest BCUT2D eigenvalue weighted by Crippen LogP contribution is -2.33. The number of halogens is 1. The first-order valence-electron chi connectivity index (χ1n) is 6.88. The van der Waals surface area contributed by atoms with Crippen LogP contribution in [0.15, 0.2) is 24.5 Å². The Morgan fingerprint density at radius 2 is 2.25 bits per heavy atom. The molecule has 0 unspecified atom stereocenters. The fourth-order valence-electron chi connectivity index (χ4n) is 2.46. The summed E-state index contributed by atoms with van der Waals surface area (Å²) < 4.78 is 2.09. The van der Waals surface area contributed by atoms with Crippen molar-refractivity contribution in [3.8, 4) is 0 Å². The Labute approximate surface area is 123 Å². The average Bonchev–Trinajstić information content (AvgIpc) is 2.92. The fourth-order valence-corrected chi connectivity index (χ4v) is 2.78. The molecule has 5 nitrogen and oxygen atoms in total. The topological polar surface area (TPSA) is 46.0 Å². The molecule has 3 rings (SSSR count). The highest BCUT2D eigenvalue weighted by atomic mass is 35.5. The van der Waals surface area contributed by atoms with Crippen molar-refractivity contribution in [2.75, 3.05) is 18.0 Å². The number of benzene rings is 1. The van der Waals surface area contributed by atoms with E-state index in [-0.39, 0.29) is 0 Å². The van der Waals surface area contributed by atoms with Gasteiger partial charge < -0.3 is 14.8 Å². The molecule has 0 fully saturated rings. The predicted molar refractivity (Wildman–Crippen MR) is 79.9 cm³/mol. The van der Waals surface area contributed by atoms with Crippen LogP contribution in [-0.2, 0) is 19.6 Å². The predicted octanol–water partition coefficient (Wildman–Crippen LogP) is 2.06. The van der Waals surface area contributed by atoms with E-state index in [0.29, 0.717) is 0 Å². The van der Waals surface area contributed by atoms with Crippen molar-refractivity contribution in [3.63, 3.8) is 0 Å². The van der Waals surface area contributed by atoms with Gasteiger partial charge >= 0.3 is 0 Å². The minimum atomic E-state index is 0.756. The molecule has 106 valence electrons. The summed E-state index contributed by atoms with van der Waals surface area (Å²) >= 11 is 6.43. The number of nitrogens with zero attached hydrogens (tertiary/aromatic N) is 4. The van der Waals surface area contributed by atoms with Crippen molar-refractivity contribution in [1.82, 2.24) is 20.1 Å². The van der Waals surface area contributed by atoms with Gasteiger partial charge in [0.2, 0.25) is 0 Å². The highest BCUT2D eigenvalue weighted by Crippen LogP contribution is 2.29. The van der Waals surface area contributed by atoms with Gasteiger partial charge in [-0.1, -0.05) is 24.6 Å². The zero-order valence-corrected chi connectivity index (χ0v) is 12.3. The number of hydrogen-bond donors (Lipinski definition) is 1. The van der Waals surface area contributed by atoms with Gasteiger partial charge in [0.15, 0.2) is 5.82 Å². The lowest BCUT2D eigenvalue weighted by Gasteiger charge is -2.29. The molecule has 2 aromatic rings. The summed E-state index contributed by atoms with van der Waals surface area (Å²) in [5.41, 5.74) is 2.28. The van der Waals surface area contributed by atoms with E-state index in [1.54, 1.807) is 6.33 Å². The molecule has 1 aromatic carbocycles. The largest absolute Gasteiger partial charge is 0.361 e. The van der Waals surface area contributed by atoms with Crippen molar-refractivity contribution < 1.29 is 0 Å². The van der Waals surface area contributed by atoms with Gasteiger partial charge in [0.1, 0.15) is 6.33 Å². The van der Waals surface area contributed by atoms with Crippen LogP contribution < -0.4 is 10.2 Å². The second-order valence-corrected chi connectivity index (χ2v) is 5.34. The first kappa shape index (κ1) is 13.4. The van der Waals surface area contributed by atoms with E-state index < -0.39 is 0 Å². The van der Waals surface area contributed by atoms with Crippen LogP contribution in [0.5, 0.6) is 0 Å². The monoisotopic (exact) mass is 291 g/mol. The molecule has 1 N–H and O–H groups in total. The summed E-state index contributed by atoms with van der Waals surface area (Å²) in [5.74, 6) is 0.990. The van der Waals surface area contributed by atoms with Crippen LogP contribution in [0, 0.1) is 0 Å². The maximum Gasteiger partial charge on any atom is 0.152 e. The molecule has 0 spiro atoms. The van der Waals surface area contributed by atoms with E-state index in [0.717, 1.165) is 49.3 Å². The smallest absolute Gasteiger partial charge is 0.152 e. The first-order chi connectivity index (χ1) is 9.78. The molecule has 0 radical (unpaired) electrons. The molecule has 0 aliphatic carbocycles. The van der Waals surface area contributed by atoms with Crippen molar-refractivity contribution in [1.29, 1.82) is 0 Å². The van der Waals surface area contributed by atoms with Crippen LogP contribution in [-0.4, -0.2) is 27.9 Å². The van der Waals surface area contributed by atoms with E-state index in [1.165, 1.54) is 5.56 Å². The fraction of sp³-hybridized carbons (Fsp3) is 0.429. The van der Waals surface area contributed by atoms with Crippen LogP contribution in [0.25, 0.3) is 0 Å². The Balaban J connectivity index is 1.78. The van der Waals surface area contributed by atoms with Gasteiger partial charge in [-0.2, -0.15) is 0 Å². The van der Waals surface area contributed by atoms with E-state index in [1.807, 2.05) is 6.07 Å². The van der Waals surface area contributed by atoms with E-state index in [4.69, 9.17) is 11.6 Å². The quantitative estimate of drug-likeness (QED) is 0.937. The first-order valence-corrected chi connectivity index (χ1v) is 7.26. The lowest BCUT2D eigenvalue weighted by atomic mass is 10.1. The maximum atomic E-state index is 6.43. The number of nitrogens with one attached hydrogen (secondary N) is 1. The standard InChI is InChI=1S/C14H18ClN5/c1-2-16-8-11-3-4-13(12(15)7-11)19-5-6-20-10-17-18-14(20)9-19/h3-4,7,10,16H,2,5-6,8-9H2,1H3. The number of fused-ring (bicyclic) bond motifs is 1. The number of anilines is 1. The zero-order chi connectivity index (χ0) is 13.9. The van der Waals surface area contributed by atoms with Gasteiger partial charge in [-0.15, -0.1) is 10.2 Å². The minimum Gasteiger partial charge on any atom is -0.361 e. The van der Waals surface area contributed by atoms with Gasteiger partial charge in [-0.3, -0.25) is 0 Å². The van der Waals surface area contributed by atoms with Crippen molar-refractivity contribution in [2.45, 2.75) is 26.6 Å². The third-order valence-electron chi connectivity index (χ3n) is 3.57. The van der Waals surface area contributed by atoms with Crippen molar-refractivity contribution >= 4 is 17.3 Å². The Kier molecular flexibility index (Phi) is 3.89. The molecule has 20 heavy (non-hydrogen) atoms. The molecule has 1 aliphatic rings. The normalized spacial score (nSPS) is 14.4. The molecular formula is C14H18ClN5. The molecule has 0 saturated heterocycles. The molecule has 0 bridgehead atoms. The van der Waals surface area contributed by atoms with E-state index in [2.05, 4.69) is 44.0 Å². The third-order valence-corrected chi connectivity index (χ3v) is 3.87. The van der Waals surface area contributed by atoms with Gasteiger partial charge in [0, 0.05) is 19.6 Å². The molecule has 0 saturated carbocycles. The van der Waals surface area contributed by atoms with E-state index in [9.17, 15) is 0 Å². The van der Waals surface area contributed by atoms with Crippen molar-refractivity contribution in [3.05, 3.63) is 40.9 Å². The molecule has 6 heteroatoms. The van der Waals surface area contributed by atoms with Crippen molar-refractivity contribution in [2.24, 2.45) is 0 Å². The van der Waals surface area contributed by atoms with Crippen LogP contribution in [0.4, 0.5) is 5.69 Å². The summed E-state index contributed by atoms with van der Waals surface area (Å²) in [6, 6.07) is 6.27. The number of hydrogen-bond acceptors (Lipinski definition) is 4. The van der Waals surface area contributed by atoms with Crippen LogP contribution in [0.1, 0.15) is 18.3 Å². The van der Waals surface area contributed by atoms with Crippen LogP contribution >= 0.6 is 11.6 Å². The second kappa shape index (κ2) is 5.81. The third kappa shape index (κ3) is 2.64. The highest BCUT2D eigenvalue weighted by molar-refractivity contribution is 6.33. The summed E-state index contributed by atoms with van der Waals surface area (Å²) in [6.45, 7) is 6.49. The van der Waals surface area contributed by atoms with Crippen LogP contribution in [0.3, 0.4) is 0 Å². The number of aromatic nitrogens is 3. The summed E-state index contributed by atoms with van der Waals surface area (Å²) in [5, 5.41) is 12.2. The highest BCUT2D eigenvalue weighted by Gasteiger charge is 2.19. The SMILES string of the molecule is CCNCc1ccc(N2CCn3cnnc3C2)c(Cl)c1. The summed E-state index contributed by atoms with van der Waals surface area (Å²) in [7, 11) is 0. The average molecular weight is 292 g/mol. The van der Waals surface area contributed by atoms with Gasteiger partial charge in [0.25, 0.3) is 0 Å². The molecule has 2 heterocycles. The molecule has 1 aliphatic heterocycles. The minimum absolute atomic E-state index is 0.756. The maximum absolute atomic E-state index is 6.43.